The number of benzene rings is 2. The van der Waals surface area contributed by atoms with Gasteiger partial charge in [0, 0.05) is 30.4 Å². The predicted molar refractivity (Wildman–Crippen MR) is 129 cm³/mol. The zero-order chi connectivity index (χ0) is 21.1. The third-order valence-electron chi connectivity index (χ3n) is 8.92. The molecule has 32 heavy (non-hydrogen) atoms. The smallest absolute Gasteiger partial charge is 0.0609 e. The lowest BCUT2D eigenvalue weighted by Crippen LogP contribution is -2.60. The van der Waals surface area contributed by atoms with E-state index in [2.05, 4.69) is 82.8 Å². The van der Waals surface area contributed by atoms with Gasteiger partial charge in [0.05, 0.1) is 6.04 Å². The zero-order valence-electron chi connectivity index (χ0n) is 18.6. The number of piperidine rings is 1. The molecule has 1 aromatic heterocycles. The van der Waals surface area contributed by atoms with Crippen LogP contribution in [0.25, 0.3) is 0 Å². The van der Waals surface area contributed by atoms with Crippen LogP contribution < -0.4 is 0 Å². The lowest BCUT2D eigenvalue weighted by molar-refractivity contribution is 0.00680. The first kappa shape index (κ1) is 18.8. The van der Waals surface area contributed by atoms with Crippen LogP contribution in [0.5, 0.6) is 0 Å². The Bertz CT molecular complexity index is 1160. The summed E-state index contributed by atoms with van der Waals surface area (Å²) in [6.45, 7) is 1.15. The predicted octanol–water partition coefficient (Wildman–Crippen LogP) is 5.80. The van der Waals surface area contributed by atoms with E-state index < -0.39 is 0 Å². The lowest BCUT2D eigenvalue weighted by atomic mass is 9.54. The van der Waals surface area contributed by atoms with E-state index in [4.69, 9.17) is 0 Å². The number of aryl methyl sites for hydroxylation is 2. The Hall–Kier alpha value is -2.71. The van der Waals surface area contributed by atoms with Gasteiger partial charge in [0.2, 0.25) is 0 Å². The van der Waals surface area contributed by atoms with Gasteiger partial charge >= 0.3 is 0 Å². The molecule has 3 atom stereocenters. The maximum atomic E-state index is 4.54. The van der Waals surface area contributed by atoms with Crippen molar-refractivity contribution in [3.8, 4) is 0 Å². The van der Waals surface area contributed by atoms with Crippen molar-refractivity contribution in [3.05, 3.63) is 113 Å². The highest BCUT2D eigenvalue weighted by Gasteiger charge is 2.54. The molecule has 0 spiro atoms. The van der Waals surface area contributed by atoms with Crippen molar-refractivity contribution in [1.82, 2.24) is 9.88 Å². The van der Waals surface area contributed by atoms with Crippen molar-refractivity contribution in [2.75, 3.05) is 6.54 Å². The number of aromatic nitrogens is 1. The summed E-state index contributed by atoms with van der Waals surface area (Å²) in [6, 6.07) is 21.7. The monoisotopic (exact) mass is 418 g/mol. The Balaban J connectivity index is 1.41. The second-order valence-electron chi connectivity index (χ2n) is 10.2. The van der Waals surface area contributed by atoms with E-state index in [1.165, 1.54) is 47.1 Å². The SMILES string of the molecule is C1=C[C@]23CCN(C4c5ccccc5CCc5ccccc54)[C@H](Cc4cnccc42)[C@@H]3CC1. The summed E-state index contributed by atoms with van der Waals surface area (Å²) in [5.74, 6) is 0.693. The highest BCUT2D eigenvalue weighted by molar-refractivity contribution is 5.48. The maximum Gasteiger partial charge on any atom is 0.0609 e. The number of fused-ring (bicyclic) bond motifs is 3. The van der Waals surface area contributed by atoms with E-state index in [0.717, 1.165) is 25.8 Å². The average Bonchev–Trinajstić information content (AvgIpc) is 3.01. The molecule has 0 radical (unpaired) electrons. The molecule has 160 valence electrons. The zero-order valence-corrected chi connectivity index (χ0v) is 18.6. The number of hydrogen-bond acceptors (Lipinski definition) is 2. The molecule has 2 nitrogen and oxygen atoms in total. The molecule has 2 heterocycles. The van der Waals surface area contributed by atoms with Crippen LogP contribution in [0.2, 0.25) is 0 Å². The molecule has 0 N–H and O–H groups in total. The maximum absolute atomic E-state index is 4.54. The lowest BCUT2D eigenvalue weighted by Gasteiger charge is -2.58. The van der Waals surface area contributed by atoms with Crippen molar-refractivity contribution in [2.24, 2.45) is 5.92 Å². The molecular formula is C30H30N2. The van der Waals surface area contributed by atoms with E-state index in [0.29, 0.717) is 18.0 Å². The molecule has 1 fully saturated rings. The third kappa shape index (κ3) is 2.59. The van der Waals surface area contributed by atoms with Crippen LogP contribution in [0.1, 0.15) is 58.7 Å². The van der Waals surface area contributed by atoms with Gasteiger partial charge in [-0.1, -0.05) is 60.7 Å². The topological polar surface area (TPSA) is 16.1 Å². The molecule has 7 rings (SSSR count). The van der Waals surface area contributed by atoms with Gasteiger partial charge in [-0.3, -0.25) is 9.88 Å². The molecule has 1 saturated heterocycles. The number of allylic oxidation sites excluding steroid dienone is 2. The Morgan fingerprint density at radius 3 is 2.41 bits per heavy atom. The molecular weight excluding hydrogens is 388 g/mol. The summed E-state index contributed by atoms with van der Waals surface area (Å²) < 4.78 is 0. The van der Waals surface area contributed by atoms with E-state index in [-0.39, 0.29) is 5.41 Å². The minimum absolute atomic E-state index is 0.208. The molecule has 1 aliphatic heterocycles. The van der Waals surface area contributed by atoms with Crippen LogP contribution in [0, 0.1) is 5.92 Å². The summed E-state index contributed by atoms with van der Waals surface area (Å²) in [5, 5.41) is 0. The Morgan fingerprint density at radius 1 is 0.875 bits per heavy atom. The first-order valence-corrected chi connectivity index (χ1v) is 12.4. The Labute approximate surface area is 191 Å². The molecule has 2 aromatic carbocycles. The third-order valence-corrected chi connectivity index (χ3v) is 8.92. The minimum Gasteiger partial charge on any atom is -0.289 e. The van der Waals surface area contributed by atoms with Crippen molar-refractivity contribution in [3.63, 3.8) is 0 Å². The fraction of sp³-hybridized carbons (Fsp3) is 0.367. The second kappa shape index (κ2) is 7.15. The number of pyridine rings is 1. The molecule has 0 saturated carbocycles. The first-order chi connectivity index (χ1) is 15.9. The van der Waals surface area contributed by atoms with Crippen molar-refractivity contribution in [1.29, 1.82) is 0 Å². The Morgan fingerprint density at radius 2 is 1.62 bits per heavy atom. The van der Waals surface area contributed by atoms with Crippen LogP contribution >= 0.6 is 0 Å². The van der Waals surface area contributed by atoms with E-state index in [1.54, 1.807) is 5.56 Å². The number of likely N-dealkylation sites (tertiary alicyclic amines) is 1. The number of hydrogen-bond donors (Lipinski definition) is 0. The number of rotatable bonds is 1. The minimum atomic E-state index is 0.208. The van der Waals surface area contributed by atoms with Gasteiger partial charge in [0.25, 0.3) is 0 Å². The number of nitrogens with zero attached hydrogens (tertiary/aromatic N) is 2. The van der Waals surface area contributed by atoms with Gasteiger partial charge in [-0.2, -0.15) is 0 Å². The summed E-state index contributed by atoms with van der Waals surface area (Å²) in [5.41, 5.74) is 9.38. The average molecular weight is 419 g/mol. The molecule has 0 unspecified atom stereocenters. The van der Waals surface area contributed by atoms with Gasteiger partial charge in [-0.25, -0.2) is 0 Å². The second-order valence-corrected chi connectivity index (χ2v) is 10.2. The first-order valence-electron chi connectivity index (χ1n) is 12.4. The molecule has 2 heteroatoms. The largest absolute Gasteiger partial charge is 0.289 e. The van der Waals surface area contributed by atoms with Crippen LogP contribution in [0.3, 0.4) is 0 Å². The van der Waals surface area contributed by atoms with Crippen LogP contribution in [0.4, 0.5) is 0 Å². The normalized spacial score (nSPS) is 28.8. The van der Waals surface area contributed by atoms with Crippen molar-refractivity contribution >= 4 is 0 Å². The highest BCUT2D eigenvalue weighted by Crippen LogP contribution is 2.55. The summed E-state index contributed by atoms with van der Waals surface area (Å²) in [6.07, 6.45) is 16.3. The fourth-order valence-electron chi connectivity index (χ4n) is 7.59. The van der Waals surface area contributed by atoms with E-state index >= 15 is 0 Å². The van der Waals surface area contributed by atoms with Gasteiger partial charge in [0.15, 0.2) is 0 Å². The molecule has 4 aliphatic rings. The molecule has 3 aliphatic carbocycles. The standard InChI is InChI=1S/C30H30N2/c1-3-9-24-21(7-1)12-13-22-8-2-4-10-25(22)29(24)32-18-16-30-15-6-5-11-27(30)28(32)19-23-20-31-17-14-26(23)30/h1-4,6-10,14-15,17,20,27-29H,5,11-13,16,18-19H2/t27-,28+,30-/m0/s1. The van der Waals surface area contributed by atoms with Crippen molar-refractivity contribution < 1.29 is 0 Å². The van der Waals surface area contributed by atoms with Crippen LogP contribution in [-0.2, 0) is 24.7 Å². The Kier molecular flexibility index (Phi) is 4.20. The van der Waals surface area contributed by atoms with Gasteiger partial charge in [-0.15, -0.1) is 0 Å². The summed E-state index contributed by atoms with van der Waals surface area (Å²) >= 11 is 0. The highest BCUT2D eigenvalue weighted by atomic mass is 15.2. The van der Waals surface area contributed by atoms with E-state index in [1.807, 2.05) is 6.20 Å². The van der Waals surface area contributed by atoms with Crippen molar-refractivity contribution in [2.45, 2.75) is 56.0 Å². The molecule has 2 bridgehead atoms. The molecule has 0 amide bonds. The summed E-state index contributed by atoms with van der Waals surface area (Å²) in [7, 11) is 0. The van der Waals surface area contributed by atoms with Crippen LogP contribution in [0.15, 0.2) is 79.1 Å². The van der Waals surface area contributed by atoms with Gasteiger partial charge < -0.3 is 0 Å². The van der Waals surface area contributed by atoms with E-state index in [9.17, 15) is 0 Å². The summed E-state index contributed by atoms with van der Waals surface area (Å²) in [4.78, 5) is 7.45. The fourth-order valence-corrected chi connectivity index (χ4v) is 7.59. The van der Waals surface area contributed by atoms with Crippen LogP contribution in [-0.4, -0.2) is 22.5 Å². The van der Waals surface area contributed by atoms with Gasteiger partial charge in [0.1, 0.15) is 0 Å². The quantitative estimate of drug-likeness (QED) is 0.464. The molecule has 3 aromatic rings. The van der Waals surface area contributed by atoms with Gasteiger partial charge in [-0.05, 0) is 83.9 Å².